The van der Waals surface area contributed by atoms with Gasteiger partial charge in [-0.15, -0.1) is 0 Å². The predicted octanol–water partition coefficient (Wildman–Crippen LogP) is 2.53. The molecule has 1 aliphatic heterocycles. The van der Waals surface area contributed by atoms with Crippen molar-refractivity contribution in [2.24, 2.45) is 5.92 Å². The van der Waals surface area contributed by atoms with Crippen molar-refractivity contribution in [2.45, 2.75) is 32.2 Å². The van der Waals surface area contributed by atoms with Crippen molar-refractivity contribution in [1.29, 1.82) is 0 Å². The highest BCUT2D eigenvalue weighted by molar-refractivity contribution is 9.10. The molecule has 1 saturated carbocycles. The van der Waals surface area contributed by atoms with Gasteiger partial charge in [0.05, 0.1) is 4.47 Å². The summed E-state index contributed by atoms with van der Waals surface area (Å²) in [5, 5.41) is 2.80. The zero-order valence-electron chi connectivity index (χ0n) is 11.7. The molecule has 0 aromatic heterocycles. The number of nitrogens with zero attached hydrogens (tertiary/aromatic N) is 1. The number of nitrogens with one attached hydrogen (secondary N) is 1. The highest BCUT2D eigenvalue weighted by atomic mass is 79.9. The third-order valence-electron chi connectivity index (χ3n) is 4.03. The lowest BCUT2D eigenvalue weighted by Crippen LogP contribution is -2.46. The normalized spacial score (nSPS) is 23.0. The Hall–Kier alpha value is -1.43. The van der Waals surface area contributed by atoms with E-state index in [0.717, 1.165) is 18.4 Å². The maximum atomic E-state index is 13.8. The van der Waals surface area contributed by atoms with Crippen molar-refractivity contribution >= 4 is 33.4 Å². The van der Waals surface area contributed by atoms with Gasteiger partial charge in [-0.25, -0.2) is 4.39 Å². The molecule has 1 unspecified atom stereocenters. The van der Waals surface area contributed by atoms with Crippen LogP contribution in [0.15, 0.2) is 16.6 Å². The van der Waals surface area contributed by atoms with E-state index in [1.165, 1.54) is 6.07 Å². The summed E-state index contributed by atoms with van der Waals surface area (Å²) >= 11 is 3.14. The lowest BCUT2D eigenvalue weighted by molar-refractivity contribution is -0.126. The van der Waals surface area contributed by atoms with Crippen LogP contribution in [0.4, 0.5) is 10.1 Å². The van der Waals surface area contributed by atoms with Gasteiger partial charge in [0.15, 0.2) is 0 Å². The van der Waals surface area contributed by atoms with Gasteiger partial charge >= 0.3 is 0 Å². The van der Waals surface area contributed by atoms with Crippen LogP contribution in [0.25, 0.3) is 0 Å². The summed E-state index contributed by atoms with van der Waals surface area (Å²) in [6, 6.07) is 2.55. The van der Waals surface area contributed by atoms with Gasteiger partial charge in [-0.2, -0.15) is 0 Å². The zero-order valence-corrected chi connectivity index (χ0v) is 13.2. The lowest BCUT2D eigenvalue weighted by atomic mass is 10.1. The van der Waals surface area contributed by atoms with Crippen LogP contribution in [-0.2, 0) is 9.59 Å². The zero-order chi connectivity index (χ0) is 15.1. The van der Waals surface area contributed by atoms with Crippen molar-refractivity contribution in [2.75, 3.05) is 11.4 Å². The van der Waals surface area contributed by atoms with Crippen LogP contribution < -0.4 is 10.2 Å². The van der Waals surface area contributed by atoms with E-state index in [1.807, 2.05) is 6.92 Å². The molecule has 1 aliphatic carbocycles. The number of hydrogen-bond acceptors (Lipinski definition) is 2. The molecule has 6 heteroatoms. The number of halogens is 2. The Balaban J connectivity index is 1.97. The largest absolute Gasteiger partial charge is 0.344 e. The molecular weight excluding hydrogens is 339 g/mol. The second kappa shape index (κ2) is 5.40. The first-order chi connectivity index (χ1) is 9.97. The average Bonchev–Trinajstić information content (AvgIpc) is 3.25. The number of rotatable bonds is 2. The van der Waals surface area contributed by atoms with Gasteiger partial charge in [-0.1, -0.05) is 0 Å². The Morgan fingerprint density at radius 2 is 2.05 bits per heavy atom. The number of hydrogen-bond donors (Lipinski definition) is 1. The van der Waals surface area contributed by atoms with Gasteiger partial charge in [0.1, 0.15) is 11.9 Å². The van der Waals surface area contributed by atoms with E-state index in [9.17, 15) is 14.0 Å². The quantitative estimate of drug-likeness (QED) is 0.887. The standard InChI is InChI=1S/C15H16BrFN2O2/c1-8-6-10(16)11(17)7-12(8)19-5-4-13(20)18-14(15(19)21)9-2-3-9/h6-7,9,14H,2-5H2,1H3,(H,18,20). The Morgan fingerprint density at radius 1 is 1.33 bits per heavy atom. The highest BCUT2D eigenvalue weighted by Crippen LogP contribution is 2.36. The molecule has 1 N–H and O–H groups in total. The molecule has 2 amide bonds. The van der Waals surface area contributed by atoms with E-state index in [2.05, 4.69) is 21.2 Å². The van der Waals surface area contributed by atoms with Gasteiger partial charge in [-0.05, 0) is 59.3 Å². The van der Waals surface area contributed by atoms with Gasteiger partial charge in [-0.3, -0.25) is 9.59 Å². The van der Waals surface area contributed by atoms with Crippen LogP contribution in [-0.4, -0.2) is 24.4 Å². The Labute approximate surface area is 130 Å². The number of anilines is 1. The lowest BCUT2D eigenvalue weighted by Gasteiger charge is -2.25. The van der Waals surface area contributed by atoms with E-state index in [0.29, 0.717) is 10.2 Å². The Bertz CT molecular complexity index is 616. The molecule has 4 nitrogen and oxygen atoms in total. The first kappa shape index (κ1) is 14.5. The smallest absolute Gasteiger partial charge is 0.249 e. The van der Waals surface area contributed by atoms with Crippen LogP contribution >= 0.6 is 15.9 Å². The minimum absolute atomic E-state index is 0.113. The van der Waals surface area contributed by atoms with E-state index in [-0.39, 0.29) is 30.7 Å². The fourth-order valence-electron chi connectivity index (χ4n) is 2.71. The average molecular weight is 355 g/mol. The van der Waals surface area contributed by atoms with Crippen molar-refractivity contribution in [3.05, 3.63) is 28.0 Å². The number of carbonyl (C=O) groups is 2. The second-order valence-corrected chi connectivity index (χ2v) is 6.53. The third kappa shape index (κ3) is 2.81. The third-order valence-corrected chi connectivity index (χ3v) is 4.64. The Kier molecular flexibility index (Phi) is 3.73. The predicted molar refractivity (Wildman–Crippen MR) is 80.5 cm³/mol. The summed E-state index contributed by atoms with van der Waals surface area (Å²) in [6.07, 6.45) is 2.16. The molecule has 112 valence electrons. The number of aryl methyl sites for hydroxylation is 1. The first-order valence-electron chi connectivity index (χ1n) is 7.04. The molecular formula is C15H16BrFN2O2. The number of carbonyl (C=O) groups excluding carboxylic acids is 2. The number of benzene rings is 1. The van der Waals surface area contributed by atoms with E-state index >= 15 is 0 Å². The van der Waals surface area contributed by atoms with Crippen molar-refractivity contribution in [3.8, 4) is 0 Å². The summed E-state index contributed by atoms with van der Waals surface area (Å²) in [5.74, 6) is -0.427. The summed E-state index contributed by atoms with van der Waals surface area (Å²) in [4.78, 5) is 26.0. The first-order valence-corrected chi connectivity index (χ1v) is 7.83. The molecule has 1 aromatic carbocycles. The maximum Gasteiger partial charge on any atom is 0.249 e. The van der Waals surface area contributed by atoms with Gasteiger partial charge in [0.25, 0.3) is 0 Å². The second-order valence-electron chi connectivity index (χ2n) is 5.68. The van der Waals surface area contributed by atoms with Crippen molar-refractivity contribution in [3.63, 3.8) is 0 Å². The fraction of sp³-hybridized carbons (Fsp3) is 0.467. The molecule has 1 atom stereocenters. The van der Waals surface area contributed by atoms with Crippen LogP contribution in [0.5, 0.6) is 0 Å². The Morgan fingerprint density at radius 3 is 2.71 bits per heavy atom. The minimum atomic E-state index is -0.467. The van der Waals surface area contributed by atoms with Crippen molar-refractivity contribution in [1.82, 2.24) is 5.32 Å². The fourth-order valence-corrected chi connectivity index (χ4v) is 3.17. The molecule has 3 rings (SSSR count). The van der Waals surface area contributed by atoms with Crippen LogP contribution in [0.1, 0.15) is 24.8 Å². The van der Waals surface area contributed by atoms with Crippen LogP contribution in [0.3, 0.4) is 0 Å². The number of amides is 2. The molecule has 1 saturated heterocycles. The van der Waals surface area contributed by atoms with Gasteiger partial charge < -0.3 is 10.2 Å². The SMILES string of the molecule is Cc1cc(Br)c(F)cc1N1CCC(=O)NC(C2CC2)C1=O. The molecule has 2 aliphatic rings. The highest BCUT2D eigenvalue weighted by Gasteiger charge is 2.41. The summed E-state index contributed by atoms with van der Waals surface area (Å²) in [5.41, 5.74) is 1.35. The minimum Gasteiger partial charge on any atom is -0.344 e. The molecule has 1 heterocycles. The molecule has 21 heavy (non-hydrogen) atoms. The summed E-state index contributed by atoms with van der Waals surface area (Å²) < 4.78 is 14.2. The molecule has 0 spiro atoms. The molecule has 0 radical (unpaired) electrons. The summed E-state index contributed by atoms with van der Waals surface area (Å²) in [6.45, 7) is 2.12. The monoisotopic (exact) mass is 354 g/mol. The maximum absolute atomic E-state index is 13.8. The molecule has 1 aromatic rings. The van der Waals surface area contributed by atoms with E-state index in [4.69, 9.17) is 0 Å². The van der Waals surface area contributed by atoms with E-state index < -0.39 is 11.9 Å². The van der Waals surface area contributed by atoms with Crippen LogP contribution in [0.2, 0.25) is 0 Å². The van der Waals surface area contributed by atoms with Crippen LogP contribution in [0, 0.1) is 18.7 Å². The molecule has 2 fully saturated rings. The molecule has 0 bridgehead atoms. The topological polar surface area (TPSA) is 49.4 Å². The van der Waals surface area contributed by atoms with Gasteiger partial charge in [0.2, 0.25) is 11.8 Å². The van der Waals surface area contributed by atoms with Gasteiger partial charge in [0, 0.05) is 18.7 Å². The summed E-state index contributed by atoms with van der Waals surface area (Å²) in [7, 11) is 0. The van der Waals surface area contributed by atoms with Crippen molar-refractivity contribution < 1.29 is 14.0 Å². The van der Waals surface area contributed by atoms with E-state index in [1.54, 1.807) is 11.0 Å².